The SMILES string of the molecule is CC(=O)N[C@@H]1[C@@H](O[C@H](C)C(N)=O)[C@H](OC(C)=O)[C@@H](C(=O)OCc2ccccc2)O[C@@H]1O. The third-order valence-corrected chi connectivity index (χ3v) is 4.46. The van der Waals surface area contributed by atoms with Gasteiger partial charge in [0.2, 0.25) is 11.8 Å². The number of aliphatic hydroxyl groups is 1. The molecule has 1 aliphatic rings. The first-order chi connectivity index (χ1) is 14.6. The van der Waals surface area contributed by atoms with E-state index in [1.165, 1.54) is 13.8 Å². The summed E-state index contributed by atoms with van der Waals surface area (Å²) in [6.07, 6.45) is -7.28. The van der Waals surface area contributed by atoms with Crippen molar-refractivity contribution in [1.29, 1.82) is 0 Å². The van der Waals surface area contributed by atoms with Crippen LogP contribution in [0.2, 0.25) is 0 Å². The van der Waals surface area contributed by atoms with E-state index in [-0.39, 0.29) is 6.61 Å². The van der Waals surface area contributed by atoms with E-state index in [0.717, 1.165) is 6.92 Å². The van der Waals surface area contributed by atoms with Gasteiger partial charge >= 0.3 is 11.9 Å². The number of carbonyl (C=O) groups is 4. The molecule has 0 aliphatic carbocycles. The fourth-order valence-corrected chi connectivity index (χ4v) is 3.03. The highest BCUT2D eigenvalue weighted by Crippen LogP contribution is 2.27. The van der Waals surface area contributed by atoms with Crippen molar-refractivity contribution in [3.63, 3.8) is 0 Å². The lowest BCUT2D eigenvalue weighted by Crippen LogP contribution is -2.67. The van der Waals surface area contributed by atoms with Gasteiger partial charge in [-0.1, -0.05) is 30.3 Å². The van der Waals surface area contributed by atoms with Crippen LogP contribution in [0.5, 0.6) is 0 Å². The Morgan fingerprint density at radius 3 is 2.35 bits per heavy atom. The van der Waals surface area contributed by atoms with E-state index < -0.39 is 60.5 Å². The molecule has 0 radical (unpaired) electrons. The standard InChI is InChI=1S/C20H26N2O9/c1-10(18(21)25)29-15-14(22-11(2)23)19(26)31-17(16(15)30-12(3)24)20(27)28-9-13-7-5-4-6-8-13/h4-8,10,14-17,19,26H,9H2,1-3H3,(H2,21,25)(H,22,23)/t10-,14-,15-,16+,17+,19+/m1/s1. The summed E-state index contributed by atoms with van der Waals surface area (Å²) in [4.78, 5) is 47.5. The summed E-state index contributed by atoms with van der Waals surface area (Å²) < 4.78 is 21.4. The van der Waals surface area contributed by atoms with E-state index in [1.807, 2.05) is 0 Å². The maximum atomic E-state index is 12.7. The lowest BCUT2D eigenvalue weighted by Gasteiger charge is -2.43. The van der Waals surface area contributed by atoms with Crippen molar-refractivity contribution >= 4 is 23.8 Å². The lowest BCUT2D eigenvalue weighted by atomic mass is 9.95. The highest BCUT2D eigenvalue weighted by Gasteiger charge is 2.52. The van der Waals surface area contributed by atoms with Crippen LogP contribution < -0.4 is 11.1 Å². The molecule has 0 saturated carbocycles. The Morgan fingerprint density at radius 2 is 1.81 bits per heavy atom. The number of benzene rings is 1. The minimum absolute atomic E-state index is 0.0965. The molecule has 11 heteroatoms. The molecule has 31 heavy (non-hydrogen) atoms. The normalized spacial score (nSPS) is 26.4. The largest absolute Gasteiger partial charge is 0.459 e. The topological polar surface area (TPSA) is 163 Å². The predicted molar refractivity (Wildman–Crippen MR) is 104 cm³/mol. The van der Waals surface area contributed by atoms with Gasteiger partial charge in [-0.25, -0.2) is 4.79 Å². The number of aliphatic hydroxyl groups excluding tert-OH is 1. The lowest BCUT2D eigenvalue weighted by molar-refractivity contribution is -0.266. The van der Waals surface area contributed by atoms with E-state index in [2.05, 4.69) is 5.32 Å². The molecule has 1 aliphatic heterocycles. The first-order valence-corrected chi connectivity index (χ1v) is 9.53. The van der Waals surface area contributed by atoms with Crippen LogP contribution in [0.15, 0.2) is 30.3 Å². The molecule has 0 bridgehead atoms. The van der Waals surface area contributed by atoms with Gasteiger partial charge in [0.05, 0.1) is 0 Å². The molecule has 1 saturated heterocycles. The van der Waals surface area contributed by atoms with Crippen molar-refractivity contribution < 1.29 is 43.2 Å². The van der Waals surface area contributed by atoms with E-state index in [1.54, 1.807) is 30.3 Å². The number of hydrogen-bond acceptors (Lipinski definition) is 9. The zero-order valence-electron chi connectivity index (χ0n) is 17.3. The molecule has 170 valence electrons. The summed E-state index contributed by atoms with van der Waals surface area (Å²) in [5.74, 6) is -3.12. The van der Waals surface area contributed by atoms with Crippen LogP contribution in [0.3, 0.4) is 0 Å². The second kappa shape index (κ2) is 10.8. The fraction of sp³-hybridized carbons (Fsp3) is 0.500. The molecular weight excluding hydrogens is 412 g/mol. The number of nitrogens with two attached hydrogens (primary N) is 1. The van der Waals surface area contributed by atoms with Gasteiger partial charge in [-0.3, -0.25) is 14.4 Å². The van der Waals surface area contributed by atoms with Crippen LogP contribution in [0.4, 0.5) is 0 Å². The highest BCUT2D eigenvalue weighted by atomic mass is 16.7. The molecule has 0 aromatic heterocycles. The maximum Gasteiger partial charge on any atom is 0.339 e. The highest BCUT2D eigenvalue weighted by molar-refractivity contribution is 5.79. The quantitative estimate of drug-likeness (QED) is 0.438. The van der Waals surface area contributed by atoms with Crippen molar-refractivity contribution in [2.45, 2.75) is 64.1 Å². The number of amides is 2. The van der Waals surface area contributed by atoms with Crippen LogP contribution in [-0.2, 0) is 44.7 Å². The van der Waals surface area contributed by atoms with Gasteiger partial charge in [0.1, 0.15) is 24.9 Å². The molecule has 2 amide bonds. The molecule has 6 atom stereocenters. The molecule has 1 aromatic rings. The Bertz CT molecular complexity index is 801. The number of hydrogen-bond donors (Lipinski definition) is 3. The minimum Gasteiger partial charge on any atom is -0.459 e. The summed E-state index contributed by atoms with van der Waals surface area (Å²) in [7, 11) is 0. The first kappa shape index (κ1) is 24.3. The number of esters is 2. The molecule has 1 fully saturated rings. The van der Waals surface area contributed by atoms with Gasteiger partial charge < -0.3 is 35.1 Å². The van der Waals surface area contributed by atoms with E-state index in [9.17, 15) is 24.3 Å². The fourth-order valence-electron chi connectivity index (χ4n) is 3.03. The molecule has 1 aromatic carbocycles. The number of nitrogens with one attached hydrogen (secondary N) is 1. The molecule has 0 spiro atoms. The van der Waals surface area contributed by atoms with E-state index >= 15 is 0 Å². The van der Waals surface area contributed by atoms with Crippen molar-refractivity contribution in [3.05, 3.63) is 35.9 Å². The van der Waals surface area contributed by atoms with Crippen LogP contribution in [0.25, 0.3) is 0 Å². The van der Waals surface area contributed by atoms with Gasteiger partial charge in [0, 0.05) is 13.8 Å². The van der Waals surface area contributed by atoms with E-state index in [0.29, 0.717) is 5.56 Å². The van der Waals surface area contributed by atoms with Crippen LogP contribution >= 0.6 is 0 Å². The van der Waals surface area contributed by atoms with Gasteiger partial charge in [0.25, 0.3) is 0 Å². The number of rotatable bonds is 8. The maximum absolute atomic E-state index is 12.7. The molecular formula is C20H26N2O9. The second-order valence-electron chi connectivity index (χ2n) is 6.99. The van der Waals surface area contributed by atoms with Crippen molar-refractivity contribution in [2.75, 3.05) is 0 Å². The van der Waals surface area contributed by atoms with Gasteiger partial charge in [-0.2, -0.15) is 0 Å². The first-order valence-electron chi connectivity index (χ1n) is 9.53. The predicted octanol–water partition coefficient (Wildman–Crippen LogP) is -0.858. The van der Waals surface area contributed by atoms with Crippen molar-refractivity contribution in [2.24, 2.45) is 5.73 Å². The summed E-state index contributed by atoms with van der Waals surface area (Å²) in [5, 5.41) is 12.8. The van der Waals surface area contributed by atoms with Gasteiger partial charge in [-0.15, -0.1) is 0 Å². The second-order valence-corrected chi connectivity index (χ2v) is 6.99. The Labute approximate surface area is 178 Å². The van der Waals surface area contributed by atoms with Crippen LogP contribution in [-0.4, -0.2) is 65.6 Å². The number of primary amides is 1. The number of carbonyl (C=O) groups excluding carboxylic acids is 4. The zero-order chi connectivity index (χ0) is 23.1. The van der Waals surface area contributed by atoms with E-state index in [4.69, 9.17) is 24.7 Å². The summed E-state index contributed by atoms with van der Waals surface area (Å²) in [6, 6.07) is 7.54. The third kappa shape index (κ3) is 6.74. The van der Waals surface area contributed by atoms with Crippen molar-refractivity contribution in [3.8, 4) is 0 Å². The zero-order valence-corrected chi connectivity index (χ0v) is 17.3. The number of ether oxygens (including phenoxy) is 4. The van der Waals surface area contributed by atoms with Gasteiger partial charge in [0.15, 0.2) is 18.5 Å². The molecule has 4 N–H and O–H groups in total. The summed E-state index contributed by atoms with van der Waals surface area (Å²) in [5.41, 5.74) is 5.94. The average molecular weight is 438 g/mol. The van der Waals surface area contributed by atoms with Crippen LogP contribution in [0, 0.1) is 0 Å². The molecule has 11 nitrogen and oxygen atoms in total. The molecule has 0 unspecified atom stereocenters. The minimum atomic E-state index is -1.73. The summed E-state index contributed by atoms with van der Waals surface area (Å²) >= 11 is 0. The average Bonchev–Trinajstić information content (AvgIpc) is 2.70. The molecule has 1 heterocycles. The Hall–Kier alpha value is -3.02. The molecule has 2 rings (SSSR count). The smallest absolute Gasteiger partial charge is 0.339 e. The Balaban J connectivity index is 2.30. The van der Waals surface area contributed by atoms with Crippen molar-refractivity contribution in [1.82, 2.24) is 5.32 Å². The van der Waals surface area contributed by atoms with Gasteiger partial charge in [-0.05, 0) is 12.5 Å². The summed E-state index contributed by atoms with van der Waals surface area (Å²) in [6.45, 7) is 3.52. The Morgan fingerprint density at radius 1 is 1.16 bits per heavy atom. The van der Waals surface area contributed by atoms with Crippen LogP contribution in [0.1, 0.15) is 26.3 Å². The monoisotopic (exact) mass is 438 g/mol. The third-order valence-electron chi connectivity index (χ3n) is 4.46. The Kier molecular flexibility index (Phi) is 8.48.